The van der Waals surface area contributed by atoms with Gasteiger partial charge in [0.2, 0.25) is 15.9 Å². The van der Waals surface area contributed by atoms with Crippen molar-refractivity contribution in [3.8, 4) is 0 Å². The van der Waals surface area contributed by atoms with Gasteiger partial charge in [0, 0.05) is 24.4 Å². The molecule has 0 saturated carbocycles. The number of benzene rings is 2. The molecule has 0 aliphatic carbocycles. The van der Waals surface area contributed by atoms with E-state index in [-0.39, 0.29) is 17.2 Å². The van der Waals surface area contributed by atoms with Gasteiger partial charge in [0.05, 0.1) is 10.9 Å². The summed E-state index contributed by atoms with van der Waals surface area (Å²) in [7, 11) is -3.72. The molecule has 31 heavy (non-hydrogen) atoms. The largest absolute Gasteiger partial charge is 0.356 e. The lowest BCUT2D eigenvalue weighted by atomic mass is 9.92. The van der Waals surface area contributed by atoms with Crippen LogP contribution < -0.4 is 5.32 Å². The Balaban J connectivity index is 1.56. The van der Waals surface area contributed by atoms with E-state index in [9.17, 15) is 13.2 Å². The van der Waals surface area contributed by atoms with E-state index in [1.807, 2.05) is 48.7 Å². The van der Waals surface area contributed by atoms with E-state index < -0.39 is 16.1 Å². The van der Waals surface area contributed by atoms with Crippen LogP contribution in [0.4, 0.5) is 0 Å². The molecule has 5 nitrogen and oxygen atoms in total. The van der Waals surface area contributed by atoms with Gasteiger partial charge >= 0.3 is 0 Å². The zero-order valence-electron chi connectivity index (χ0n) is 17.5. The second-order valence-electron chi connectivity index (χ2n) is 7.78. The molecule has 0 fully saturated rings. The van der Waals surface area contributed by atoms with Crippen LogP contribution in [0.1, 0.15) is 34.0 Å². The van der Waals surface area contributed by atoms with E-state index >= 15 is 0 Å². The summed E-state index contributed by atoms with van der Waals surface area (Å²) in [6.45, 7) is 2.83. The first-order valence-electron chi connectivity index (χ1n) is 10.4. The SMILES string of the molecule is Cc1ccc(S(=O)(=O)N2CCc3ccccc3[C@H]2CC(=O)NCCc2cccs2)cc1. The number of amides is 1. The van der Waals surface area contributed by atoms with Crippen molar-refractivity contribution in [2.24, 2.45) is 0 Å². The van der Waals surface area contributed by atoms with Crippen molar-refractivity contribution in [3.63, 3.8) is 0 Å². The predicted molar refractivity (Wildman–Crippen MR) is 124 cm³/mol. The molecule has 2 aromatic carbocycles. The average molecular weight is 455 g/mol. The fraction of sp³-hybridized carbons (Fsp3) is 0.292. The van der Waals surface area contributed by atoms with Crippen molar-refractivity contribution in [1.82, 2.24) is 9.62 Å². The van der Waals surface area contributed by atoms with Gasteiger partial charge in [-0.25, -0.2) is 8.42 Å². The van der Waals surface area contributed by atoms with Gasteiger partial charge in [-0.3, -0.25) is 4.79 Å². The number of nitrogens with zero attached hydrogens (tertiary/aromatic N) is 1. The second kappa shape index (κ2) is 9.34. The highest BCUT2D eigenvalue weighted by Gasteiger charge is 2.37. The van der Waals surface area contributed by atoms with Gasteiger partial charge < -0.3 is 5.32 Å². The van der Waals surface area contributed by atoms with Crippen LogP contribution in [0.15, 0.2) is 70.9 Å². The van der Waals surface area contributed by atoms with Crippen molar-refractivity contribution < 1.29 is 13.2 Å². The van der Waals surface area contributed by atoms with Crippen molar-refractivity contribution in [1.29, 1.82) is 0 Å². The number of carbonyl (C=O) groups is 1. The standard InChI is InChI=1S/C24H26N2O3S2/c1-18-8-10-21(11-9-18)31(28,29)26-15-13-19-5-2-3-7-22(19)23(26)17-24(27)25-14-12-20-6-4-16-30-20/h2-11,16,23H,12-15,17H2,1H3,(H,25,27)/t23-/m1/s1. The molecule has 162 valence electrons. The molecule has 0 radical (unpaired) electrons. The first kappa shape index (κ1) is 21.7. The Hall–Kier alpha value is -2.48. The van der Waals surface area contributed by atoms with Gasteiger partial charge in [-0.15, -0.1) is 11.3 Å². The van der Waals surface area contributed by atoms with Gasteiger partial charge in [-0.2, -0.15) is 4.31 Å². The fourth-order valence-corrected chi connectivity index (χ4v) is 6.32. The molecular formula is C24H26N2O3S2. The molecule has 1 aliphatic heterocycles. The van der Waals surface area contributed by atoms with E-state index in [0.717, 1.165) is 23.1 Å². The van der Waals surface area contributed by atoms with E-state index in [1.165, 1.54) is 9.18 Å². The fourth-order valence-electron chi connectivity index (χ4n) is 4.00. The molecule has 1 aromatic heterocycles. The van der Waals surface area contributed by atoms with Gasteiger partial charge in [0.1, 0.15) is 0 Å². The van der Waals surface area contributed by atoms with E-state index in [4.69, 9.17) is 0 Å². The number of carbonyl (C=O) groups excluding carboxylic acids is 1. The van der Waals surface area contributed by atoms with Gasteiger partial charge in [-0.05, 0) is 54.5 Å². The van der Waals surface area contributed by atoms with Crippen LogP contribution in [0.25, 0.3) is 0 Å². The topological polar surface area (TPSA) is 66.5 Å². The Labute approximate surface area is 187 Å². The monoisotopic (exact) mass is 454 g/mol. The quantitative estimate of drug-likeness (QED) is 0.585. The van der Waals surface area contributed by atoms with Gasteiger partial charge in [-0.1, -0.05) is 48.0 Å². The Morgan fingerprint density at radius 3 is 2.61 bits per heavy atom. The molecule has 1 atom stereocenters. The maximum absolute atomic E-state index is 13.5. The minimum absolute atomic E-state index is 0.104. The van der Waals surface area contributed by atoms with Crippen LogP contribution in [0.3, 0.4) is 0 Å². The number of aryl methyl sites for hydroxylation is 1. The molecule has 0 saturated heterocycles. The number of nitrogens with one attached hydrogen (secondary N) is 1. The highest BCUT2D eigenvalue weighted by atomic mass is 32.2. The zero-order valence-corrected chi connectivity index (χ0v) is 19.1. The number of fused-ring (bicyclic) bond motifs is 1. The van der Waals surface area contributed by atoms with E-state index in [2.05, 4.69) is 5.32 Å². The van der Waals surface area contributed by atoms with Crippen LogP contribution in [-0.2, 0) is 27.7 Å². The maximum Gasteiger partial charge on any atom is 0.243 e. The normalized spacial score (nSPS) is 16.6. The summed E-state index contributed by atoms with van der Waals surface area (Å²) in [5, 5.41) is 4.98. The van der Waals surface area contributed by atoms with Crippen LogP contribution in [0, 0.1) is 6.92 Å². The summed E-state index contributed by atoms with van der Waals surface area (Å²) in [6.07, 6.45) is 1.51. The van der Waals surface area contributed by atoms with Crippen molar-refractivity contribution in [3.05, 3.63) is 87.6 Å². The lowest BCUT2D eigenvalue weighted by Gasteiger charge is -2.36. The molecule has 2 heterocycles. The molecule has 3 aromatic rings. The molecule has 1 N–H and O–H groups in total. The van der Waals surface area contributed by atoms with Crippen molar-refractivity contribution in [2.45, 2.75) is 37.1 Å². The Morgan fingerprint density at radius 2 is 1.87 bits per heavy atom. The Morgan fingerprint density at radius 1 is 1.10 bits per heavy atom. The summed E-state index contributed by atoms with van der Waals surface area (Å²) >= 11 is 1.66. The minimum Gasteiger partial charge on any atom is -0.356 e. The van der Waals surface area contributed by atoms with Crippen LogP contribution in [0.2, 0.25) is 0 Å². The van der Waals surface area contributed by atoms with Crippen LogP contribution >= 0.6 is 11.3 Å². The molecule has 1 amide bonds. The van der Waals surface area contributed by atoms with Crippen LogP contribution in [0.5, 0.6) is 0 Å². The van der Waals surface area contributed by atoms with Crippen molar-refractivity contribution >= 4 is 27.3 Å². The third kappa shape index (κ3) is 4.89. The molecule has 7 heteroatoms. The first-order chi connectivity index (χ1) is 14.9. The third-order valence-corrected chi connectivity index (χ3v) is 8.50. The highest BCUT2D eigenvalue weighted by Crippen LogP contribution is 2.36. The summed E-state index contributed by atoms with van der Waals surface area (Å²) in [5.74, 6) is -0.137. The predicted octanol–water partition coefficient (Wildman–Crippen LogP) is 4.09. The Kier molecular flexibility index (Phi) is 6.55. The molecule has 0 spiro atoms. The highest BCUT2D eigenvalue weighted by molar-refractivity contribution is 7.89. The smallest absolute Gasteiger partial charge is 0.243 e. The Bertz CT molecular complexity index is 1140. The molecule has 4 rings (SSSR count). The van der Waals surface area contributed by atoms with Crippen molar-refractivity contribution in [2.75, 3.05) is 13.1 Å². The molecule has 1 aliphatic rings. The van der Waals surface area contributed by atoms with E-state index in [0.29, 0.717) is 19.5 Å². The van der Waals surface area contributed by atoms with Crippen LogP contribution in [-0.4, -0.2) is 31.7 Å². The summed E-state index contributed by atoms with van der Waals surface area (Å²) in [4.78, 5) is 14.3. The van der Waals surface area contributed by atoms with Gasteiger partial charge in [0.25, 0.3) is 0 Å². The summed E-state index contributed by atoms with van der Waals surface area (Å²) in [5.41, 5.74) is 3.02. The number of thiophene rings is 1. The average Bonchev–Trinajstić information content (AvgIpc) is 3.27. The van der Waals surface area contributed by atoms with Gasteiger partial charge in [0.15, 0.2) is 0 Å². The molecule has 0 bridgehead atoms. The lowest BCUT2D eigenvalue weighted by molar-refractivity contribution is -0.122. The zero-order chi connectivity index (χ0) is 21.8. The number of rotatable bonds is 7. The summed E-state index contributed by atoms with van der Waals surface area (Å²) < 4.78 is 28.4. The molecule has 0 unspecified atom stereocenters. The number of sulfonamides is 1. The third-order valence-electron chi connectivity index (χ3n) is 5.64. The number of hydrogen-bond acceptors (Lipinski definition) is 4. The second-order valence-corrected chi connectivity index (χ2v) is 10.7. The number of hydrogen-bond donors (Lipinski definition) is 1. The summed E-state index contributed by atoms with van der Waals surface area (Å²) in [6, 6.07) is 18.2. The minimum atomic E-state index is -3.72. The maximum atomic E-state index is 13.5. The molecular weight excluding hydrogens is 428 g/mol. The first-order valence-corrected chi connectivity index (χ1v) is 12.7. The lowest BCUT2D eigenvalue weighted by Crippen LogP contribution is -2.42. The van der Waals surface area contributed by atoms with E-state index in [1.54, 1.807) is 35.6 Å².